The number of ether oxygens (including phenoxy) is 1. The SMILES string of the molecule is CC(=O)OCc1cccc2c1cnn2C(C)=O. The molecule has 0 aliphatic heterocycles. The van der Waals surface area contributed by atoms with Crippen LogP contribution in [-0.4, -0.2) is 21.7 Å². The Balaban J connectivity index is 2.44. The molecule has 0 aliphatic rings. The zero-order valence-corrected chi connectivity index (χ0v) is 9.64. The largest absolute Gasteiger partial charge is 0.461 e. The summed E-state index contributed by atoms with van der Waals surface area (Å²) in [5, 5.41) is 4.83. The lowest BCUT2D eigenvalue weighted by atomic mass is 10.1. The highest BCUT2D eigenvalue weighted by Gasteiger charge is 2.09. The fourth-order valence-electron chi connectivity index (χ4n) is 1.67. The number of carbonyl (C=O) groups excluding carboxylic acids is 2. The van der Waals surface area contributed by atoms with Gasteiger partial charge in [0.15, 0.2) is 0 Å². The van der Waals surface area contributed by atoms with Crippen molar-refractivity contribution in [1.82, 2.24) is 9.78 Å². The van der Waals surface area contributed by atoms with Gasteiger partial charge < -0.3 is 4.74 Å². The van der Waals surface area contributed by atoms with Gasteiger partial charge in [-0.15, -0.1) is 0 Å². The lowest BCUT2D eigenvalue weighted by Gasteiger charge is -2.03. The van der Waals surface area contributed by atoms with E-state index in [0.29, 0.717) is 0 Å². The van der Waals surface area contributed by atoms with Gasteiger partial charge in [0.05, 0.1) is 11.7 Å². The Labute approximate surface area is 98.0 Å². The Bertz CT molecular complexity index is 586. The monoisotopic (exact) mass is 232 g/mol. The minimum Gasteiger partial charge on any atom is -0.461 e. The summed E-state index contributed by atoms with van der Waals surface area (Å²) in [5.74, 6) is -0.481. The molecule has 0 aliphatic carbocycles. The van der Waals surface area contributed by atoms with Crippen LogP contribution in [0.3, 0.4) is 0 Å². The van der Waals surface area contributed by atoms with E-state index in [9.17, 15) is 9.59 Å². The minimum atomic E-state index is -0.332. The number of fused-ring (bicyclic) bond motifs is 1. The van der Waals surface area contributed by atoms with Gasteiger partial charge in [-0.05, 0) is 6.07 Å². The fourth-order valence-corrected chi connectivity index (χ4v) is 1.67. The predicted molar refractivity (Wildman–Crippen MR) is 61.5 cm³/mol. The van der Waals surface area contributed by atoms with Gasteiger partial charge in [0.2, 0.25) is 5.91 Å². The molecule has 0 spiro atoms. The first kappa shape index (κ1) is 11.3. The van der Waals surface area contributed by atoms with Gasteiger partial charge in [0.1, 0.15) is 6.61 Å². The van der Waals surface area contributed by atoms with Crippen LogP contribution in [-0.2, 0) is 16.1 Å². The number of rotatable bonds is 2. The Kier molecular flexibility index (Phi) is 2.91. The minimum absolute atomic E-state index is 0.148. The maximum Gasteiger partial charge on any atom is 0.302 e. The smallest absolute Gasteiger partial charge is 0.302 e. The van der Waals surface area contributed by atoms with Gasteiger partial charge >= 0.3 is 5.97 Å². The Morgan fingerprint density at radius 1 is 1.35 bits per heavy atom. The molecule has 0 unspecified atom stereocenters. The number of esters is 1. The molecule has 0 saturated heterocycles. The molecular weight excluding hydrogens is 220 g/mol. The molecule has 1 aromatic carbocycles. The number of nitrogens with zero attached hydrogens (tertiary/aromatic N) is 2. The maximum absolute atomic E-state index is 11.3. The highest BCUT2D eigenvalue weighted by Crippen LogP contribution is 2.19. The fraction of sp³-hybridized carbons (Fsp3) is 0.250. The molecule has 0 atom stereocenters. The van der Waals surface area contributed by atoms with Crippen LogP contribution < -0.4 is 0 Å². The average molecular weight is 232 g/mol. The van der Waals surface area contributed by atoms with Crippen LogP contribution in [0.4, 0.5) is 0 Å². The molecule has 5 heteroatoms. The Morgan fingerprint density at radius 3 is 2.76 bits per heavy atom. The van der Waals surface area contributed by atoms with Crippen LogP contribution in [0.25, 0.3) is 10.9 Å². The second kappa shape index (κ2) is 4.37. The van der Waals surface area contributed by atoms with E-state index in [4.69, 9.17) is 4.74 Å². The Morgan fingerprint density at radius 2 is 2.12 bits per heavy atom. The van der Waals surface area contributed by atoms with Crippen LogP contribution in [0.5, 0.6) is 0 Å². The van der Waals surface area contributed by atoms with Crippen molar-refractivity contribution in [2.75, 3.05) is 0 Å². The summed E-state index contributed by atoms with van der Waals surface area (Å²) in [6.45, 7) is 3.00. The van der Waals surface area contributed by atoms with Gasteiger partial charge in [-0.25, -0.2) is 4.68 Å². The third-order valence-corrected chi connectivity index (χ3v) is 2.43. The maximum atomic E-state index is 11.3. The third kappa shape index (κ3) is 2.18. The number of aromatic nitrogens is 2. The summed E-state index contributed by atoms with van der Waals surface area (Å²) in [4.78, 5) is 22.1. The van der Waals surface area contributed by atoms with Crippen LogP contribution in [0, 0.1) is 0 Å². The van der Waals surface area contributed by atoms with E-state index in [0.717, 1.165) is 16.5 Å². The number of hydrogen-bond acceptors (Lipinski definition) is 4. The van der Waals surface area contributed by atoms with Crippen molar-refractivity contribution in [3.63, 3.8) is 0 Å². The molecule has 1 heterocycles. The quantitative estimate of drug-likeness (QED) is 0.740. The van der Waals surface area contributed by atoms with Crippen molar-refractivity contribution in [1.29, 1.82) is 0 Å². The summed E-state index contributed by atoms with van der Waals surface area (Å²) in [6, 6.07) is 5.46. The molecule has 2 aromatic rings. The molecule has 0 bridgehead atoms. The first-order valence-corrected chi connectivity index (χ1v) is 5.19. The average Bonchev–Trinajstić information content (AvgIpc) is 2.70. The van der Waals surface area contributed by atoms with E-state index >= 15 is 0 Å². The van der Waals surface area contributed by atoms with Crippen LogP contribution in [0.15, 0.2) is 24.4 Å². The normalized spacial score (nSPS) is 10.5. The summed E-state index contributed by atoms with van der Waals surface area (Å²) in [7, 11) is 0. The molecule has 0 saturated carbocycles. The molecule has 5 nitrogen and oxygen atoms in total. The molecule has 0 amide bonds. The molecule has 0 N–H and O–H groups in total. The van der Waals surface area contributed by atoms with Crippen LogP contribution in [0.1, 0.15) is 24.2 Å². The number of hydrogen-bond donors (Lipinski definition) is 0. The zero-order chi connectivity index (χ0) is 12.4. The summed E-state index contributed by atoms with van der Waals surface area (Å²) < 4.78 is 6.27. The van der Waals surface area contributed by atoms with E-state index in [-0.39, 0.29) is 18.5 Å². The number of benzene rings is 1. The van der Waals surface area contributed by atoms with Gasteiger partial charge in [0.25, 0.3) is 0 Å². The van der Waals surface area contributed by atoms with Crippen LogP contribution >= 0.6 is 0 Å². The highest BCUT2D eigenvalue weighted by atomic mass is 16.5. The third-order valence-electron chi connectivity index (χ3n) is 2.43. The van der Waals surface area contributed by atoms with Gasteiger partial charge in [-0.2, -0.15) is 5.10 Å². The second-order valence-electron chi connectivity index (χ2n) is 3.71. The van der Waals surface area contributed by atoms with E-state index in [1.807, 2.05) is 12.1 Å². The first-order valence-electron chi connectivity index (χ1n) is 5.19. The molecule has 2 rings (SSSR count). The lowest BCUT2D eigenvalue weighted by molar-refractivity contribution is -0.142. The van der Waals surface area contributed by atoms with Crippen molar-refractivity contribution < 1.29 is 14.3 Å². The van der Waals surface area contributed by atoms with Crippen molar-refractivity contribution in [3.8, 4) is 0 Å². The van der Waals surface area contributed by atoms with E-state index in [1.165, 1.54) is 18.5 Å². The van der Waals surface area contributed by atoms with Crippen LogP contribution in [0.2, 0.25) is 0 Å². The van der Waals surface area contributed by atoms with E-state index in [2.05, 4.69) is 5.10 Å². The zero-order valence-electron chi connectivity index (χ0n) is 9.64. The van der Waals surface area contributed by atoms with Gasteiger partial charge in [0, 0.05) is 24.8 Å². The van der Waals surface area contributed by atoms with Crippen molar-refractivity contribution in [2.45, 2.75) is 20.5 Å². The van der Waals surface area contributed by atoms with Crippen molar-refractivity contribution >= 4 is 22.8 Å². The molecule has 88 valence electrons. The lowest BCUT2D eigenvalue weighted by Crippen LogP contribution is -2.06. The standard InChI is InChI=1S/C12H12N2O3/c1-8(15)14-12-5-3-4-10(7-17-9(2)16)11(12)6-13-14/h3-6H,7H2,1-2H3. The van der Waals surface area contributed by atoms with Gasteiger partial charge in [-0.3, -0.25) is 9.59 Å². The van der Waals surface area contributed by atoms with Crippen molar-refractivity contribution in [3.05, 3.63) is 30.0 Å². The molecule has 0 radical (unpaired) electrons. The Hall–Kier alpha value is -2.17. The second-order valence-corrected chi connectivity index (χ2v) is 3.71. The molecular formula is C12H12N2O3. The van der Waals surface area contributed by atoms with E-state index in [1.54, 1.807) is 12.3 Å². The summed E-state index contributed by atoms with van der Waals surface area (Å²) >= 11 is 0. The molecule has 0 fully saturated rings. The van der Waals surface area contributed by atoms with Crippen molar-refractivity contribution in [2.24, 2.45) is 0 Å². The summed E-state index contributed by atoms with van der Waals surface area (Å²) in [6.07, 6.45) is 1.61. The topological polar surface area (TPSA) is 61.2 Å². The summed E-state index contributed by atoms with van der Waals surface area (Å²) in [5.41, 5.74) is 1.56. The highest BCUT2D eigenvalue weighted by molar-refractivity contribution is 5.91. The number of carbonyl (C=O) groups is 2. The van der Waals surface area contributed by atoms with Gasteiger partial charge in [-0.1, -0.05) is 12.1 Å². The first-order chi connectivity index (χ1) is 8.09. The molecule has 1 aromatic heterocycles. The predicted octanol–water partition coefficient (Wildman–Crippen LogP) is 1.76. The van der Waals surface area contributed by atoms with E-state index < -0.39 is 0 Å². The molecule has 17 heavy (non-hydrogen) atoms.